The summed E-state index contributed by atoms with van der Waals surface area (Å²) in [6.07, 6.45) is -0.881. The van der Waals surface area contributed by atoms with Crippen LogP contribution >= 0.6 is 0 Å². The standard InChI is InChI=1S/C29H31F3N4O/c30-29(31,32)23-9-10-26-22(18-23)19-25(28(37)34-14-11-24-8-4-5-13-33-24)27-20-35(16-17-36(26)27)15-12-21-6-2-1-3-7-21/h1-10,13,18,25,27H,11-12,14-17,19-20H2,(H,34,37). The average molecular weight is 509 g/mol. The Labute approximate surface area is 215 Å². The first-order chi connectivity index (χ1) is 17.9. The zero-order valence-electron chi connectivity index (χ0n) is 20.6. The summed E-state index contributed by atoms with van der Waals surface area (Å²) in [4.78, 5) is 22.2. The van der Waals surface area contributed by atoms with Crippen LogP contribution in [-0.2, 0) is 30.2 Å². The van der Waals surface area contributed by atoms with Gasteiger partial charge in [0.1, 0.15) is 0 Å². The van der Waals surface area contributed by atoms with Gasteiger partial charge in [0.25, 0.3) is 0 Å². The van der Waals surface area contributed by atoms with Gasteiger partial charge in [0, 0.05) is 56.7 Å². The highest BCUT2D eigenvalue weighted by Crippen LogP contribution is 2.39. The van der Waals surface area contributed by atoms with Gasteiger partial charge < -0.3 is 10.2 Å². The monoisotopic (exact) mass is 508 g/mol. The zero-order chi connectivity index (χ0) is 25.8. The maximum Gasteiger partial charge on any atom is 0.416 e. The largest absolute Gasteiger partial charge is 0.416 e. The number of halogens is 3. The number of nitrogens with zero attached hydrogens (tertiary/aromatic N) is 3. The molecule has 194 valence electrons. The van der Waals surface area contributed by atoms with Crippen molar-refractivity contribution in [1.82, 2.24) is 15.2 Å². The number of anilines is 1. The lowest BCUT2D eigenvalue weighted by Crippen LogP contribution is -2.61. The highest BCUT2D eigenvalue weighted by molar-refractivity contribution is 5.82. The molecule has 37 heavy (non-hydrogen) atoms. The molecule has 1 amide bonds. The van der Waals surface area contributed by atoms with E-state index in [9.17, 15) is 18.0 Å². The molecule has 0 aliphatic carbocycles. The van der Waals surface area contributed by atoms with E-state index in [-0.39, 0.29) is 11.9 Å². The number of carbonyl (C=O) groups is 1. The Morgan fingerprint density at radius 2 is 1.81 bits per heavy atom. The van der Waals surface area contributed by atoms with Gasteiger partial charge in [-0.05, 0) is 54.3 Å². The van der Waals surface area contributed by atoms with Gasteiger partial charge in [0.15, 0.2) is 0 Å². The number of piperazine rings is 1. The molecule has 0 bridgehead atoms. The van der Waals surface area contributed by atoms with Crippen LogP contribution in [0.15, 0.2) is 72.9 Å². The molecule has 3 aromatic rings. The molecule has 5 nitrogen and oxygen atoms in total. The molecule has 5 rings (SSSR count). The van der Waals surface area contributed by atoms with Crippen LogP contribution in [0.25, 0.3) is 0 Å². The van der Waals surface area contributed by atoms with Crippen LogP contribution in [0.1, 0.15) is 22.4 Å². The van der Waals surface area contributed by atoms with E-state index in [1.54, 1.807) is 12.3 Å². The molecule has 2 aliphatic heterocycles. The number of hydrogen-bond acceptors (Lipinski definition) is 4. The summed E-state index contributed by atoms with van der Waals surface area (Å²) in [5.74, 6) is -0.543. The molecule has 0 spiro atoms. The topological polar surface area (TPSA) is 48.5 Å². The Balaban J connectivity index is 1.33. The van der Waals surface area contributed by atoms with E-state index in [0.29, 0.717) is 38.0 Å². The first-order valence-electron chi connectivity index (χ1n) is 12.8. The van der Waals surface area contributed by atoms with Crippen LogP contribution in [0.4, 0.5) is 18.9 Å². The Morgan fingerprint density at radius 3 is 2.57 bits per heavy atom. The van der Waals surface area contributed by atoms with E-state index < -0.39 is 17.7 Å². The highest BCUT2D eigenvalue weighted by atomic mass is 19.4. The Hall–Kier alpha value is -3.39. The Bertz CT molecular complexity index is 1200. The molecule has 0 saturated carbocycles. The van der Waals surface area contributed by atoms with E-state index in [1.807, 2.05) is 36.4 Å². The molecule has 3 heterocycles. The van der Waals surface area contributed by atoms with Crippen molar-refractivity contribution in [1.29, 1.82) is 0 Å². The predicted molar refractivity (Wildman–Crippen MR) is 137 cm³/mol. The SMILES string of the molecule is O=C(NCCc1ccccn1)C1Cc2cc(C(F)(F)F)ccc2N2CCN(CCc3ccccc3)CC12. The van der Waals surface area contributed by atoms with Crippen molar-refractivity contribution >= 4 is 11.6 Å². The molecule has 1 N–H and O–H groups in total. The Morgan fingerprint density at radius 1 is 1.00 bits per heavy atom. The summed E-state index contributed by atoms with van der Waals surface area (Å²) in [6, 6.07) is 19.8. The maximum absolute atomic E-state index is 13.4. The second kappa shape index (κ2) is 10.9. The van der Waals surface area contributed by atoms with Gasteiger partial charge in [-0.3, -0.25) is 14.7 Å². The second-order valence-electron chi connectivity index (χ2n) is 9.81. The molecular weight excluding hydrogens is 477 g/mol. The van der Waals surface area contributed by atoms with Crippen LogP contribution in [0, 0.1) is 5.92 Å². The third-order valence-corrected chi connectivity index (χ3v) is 7.43. The lowest BCUT2D eigenvalue weighted by Gasteiger charge is -2.49. The first kappa shape index (κ1) is 25.3. The number of nitrogens with one attached hydrogen (secondary N) is 1. The van der Waals surface area contributed by atoms with Crippen LogP contribution in [0.5, 0.6) is 0 Å². The van der Waals surface area contributed by atoms with Gasteiger partial charge in [0.2, 0.25) is 5.91 Å². The number of benzene rings is 2. The molecule has 2 unspecified atom stereocenters. The van der Waals surface area contributed by atoms with Crippen molar-refractivity contribution in [2.45, 2.75) is 31.5 Å². The van der Waals surface area contributed by atoms with E-state index in [2.05, 4.69) is 32.2 Å². The van der Waals surface area contributed by atoms with Crippen molar-refractivity contribution in [3.05, 3.63) is 95.3 Å². The molecule has 0 radical (unpaired) electrons. The minimum Gasteiger partial charge on any atom is -0.365 e. The third kappa shape index (κ3) is 5.96. The molecule has 1 fully saturated rings. The summed E-state index contributed by atoms with van der Waals surface area (Å²) >= 11 is 0. The normalized spacial score (nSPS) is 19.7. The van der Waals surface area contributed by atoms with E-state index in [4.69, 9.17) is 0 Å². The summed E-state index contributed by atoms with van der Waals surface area (Å²) in [5, 5.41) is 3.04. The molecule has 1 saturated heterocycles. The van der Waals surface area contributed by atoms with Crippen molar-refractivity contribution in [3.8, 4) is 0 Å². The number of aromatic nitrogens is 1. The fourth-order valence-corrected chi connectivity index (χ4v) is 5.48. The fraction of sp³-hybridized carbons (Fsp3) is 0.379. The van der Waals surface area contributed by atoms with Crippen LogP contribution < -0.4 is 10.2 Å². The predicted octanol–water partition coefficient (Wildman–Crippen LogP) is 4.36. The summed E-state index contributed by atoms with van der Waals surface area (Å²) in [7, 11) is 0. The third-order valence-electron chi connectivity index (χ3n) is 7.43. The number of fused-ring (bicyclic) bond motifs is 3. The number of alkyl halides is 3. The molecule has 2 aromatic carbocycles. The summed E-state index contributed by atoms with van der Waals surface area (Å²) < 4.78 is 40.3. The number of hydrogen-bond donors (Lipinski definition) is 1. The van der Waals surface area contributed by atoms with Gasteiger partial charge in [-0.1, -0.05) is 36.4 Å². The van der Waals surface area contributed by atoms with E-state index in [0.717, 1.165) is 37.0 Å². The summed E-state index contributed by atoms with van der Waals surface area (Å²) in [5.41, 5.74) is 2.90. The van der Waals surface area contributed by atoms with Gasteiger partial charge >= 0.3 is 6.18 Å². The van der Waals surface area contributed by atoms with Gasteiger partial charge in [-0.2, -0.15) is 13.2 Å². The number of rotatable bonds is 7. The van der Waals surface area contributed by atoms with Crippen molar-refractivity contribution in [3.63, 3.8) is 0 Å². The van der Waals surface area contributed by atoms with Crippen molar-refractivity contribution in [2.24, 2.45) is 5.92 Å². The molecule has 2 aliphatic rings. The van der Waals surface area contributed by atoms with Crippen molar-refractivity contribution < 1.29 is 18.0 Å². The van der Waals surface area contributed by atoms with Crippen LogP contribution in [0.2, 0.25) is 0 Å². The van der Waals surface area contributed by atoms with Gasteiger partial charge in [-0.15, -0.1) is 0 Å². The van der Waals surface area contributed by atoms with E-state index in [1.165, 1.54) is 11.6 Å². The molecule has 2 atom stereocenters. The van der Waals surface area contributed by atoms with Crippen LogP contribution in [0.3, 0.4) is 0 Å². The van der Waals surface area contributed by atoms with Gasteiger partial charge in [-0.25, -0.2) is 0 Å². The lowest BCUT2D eigenvalue weighted by atomic mass is 9.82. The van der Waals surface area contributed by atoms with E-state index >= 15 is 0 Å². The minimum absolute atomic E-state index is 0.0939. The smallest absolute Gasteiger partial charge is 0.365 e. The quantitative estimate of drug-likeness (QED) is 0.515. The molecule has 8 heteroatoms. The minimum atomic E-state index is -4.41. The number of carbonyl (C=O) groups excluding carboxylic acids is 1. The molecule has 1 aromatic heterocycles. The maximum atomic E-state index is 13.4. The molecular formula is C29H31F3N4O. The number of pyridine rings is 1. The van der Waals surface area contributed by atoms with Gasteiger partial charge in [0.05, 0.1) is 17.5 Å². The lowest BCUT2D eigenvalue weighted by molar-refractivity contribution is -0.137. The fourth-order valence-electron chi connectivity index (χ4n) is 5.48. The number of amides is 1. The van der Waals surface area contributed by atoms with Crippen LogP contribution in [-0.4, -0.2) is 54.6 Å². The average Bonchev–Trinajstić information content (AvgIpc) is 2.91. The summed E-state index contributed by atoms with van der Waals surface area (Å²) in [6.45, 7) is 3.49. The van der Waals surface area contributed by atoms with Crippen molar-refractivity contribution in [2.75, 3.05) is 37.6 Å². The zero-order valence-corrected chi connectivity index (χ0v) is 20.6. The Kier molecular flexibility index (Phi) is 7.46. The highest BCUT2D eigenvalue weighted by Gasteiger charge is 2.42. The second-order valence-corrected chi connectivity index (χ2v) is 9.81. The first-order valence-corrected chi connectivity index (χ1v) is 12.8.